The highest BCUT2D eigenvalue weighted by molar-refractivity contribution is 4.64. The van der Waals surface area contributed by atoms with E-state index in [0.29, 0.717) is 0 Å². The van der Waals surface area contributed by atoms with Gasteiger partial charge in [-0.25, -0.2) is 0 Å². The molecule has 0 radical (unpaired) electrons. The van der Waals surface area contributed by atoms with Crippen LogP contribution in [0.1, 0.15) is 0 Å². The van der Waals surface area contributed by atoms with Gasteiger partial charge < -0.3 is 0 Å². The summed E-state index contributed by atoms with van der Waals surface area (Å²) in [6, 6.07) is 1.42. The van der Waals surface area contributed by atoms with E-state index >= 15 is 0 Å². The molecule has 0 aliphatic heterocycles. The van der Waals surface area contributed by atoms with Gasteiger partial charge in [0, 0.05) is 0 Å². The van der Waals surface area contributed by atoms with Gasteiger partial charge in [-0.2, -0.15) is 10.2 Å². The molecule has 0 atom stereocenters. The molecule has 5 heavy (non-hydrogen) atoms. The van der Waals surface area contributed by atoms with Gasteiger partial charge >= 0.3 is 0 Å². The summed E-state index contributed by atoms with van der Waals surface area (Å²) in [5, 5.41) is 7.45. The number of hydrogen-bond donors (Lipinski definition) is 0. The van der Waals surface area contributed by atoms with E-state index in [0.717, 1.165) is 0 Å². The maximum Gasteiger partial charge on any atom is 0.174 e. The topological polar surface area (TPSA) is 33.0 Å². The Morgan fingerprint density at radius 1 is 2.00 bits per heavy atom. The third-order valence-corrected chi connectivity index (χ3v) is 0.119. The third-order valence-electron chi connectivity index (χ3n) is 0.119. The maximum atomic E-state index is 10.3. The van der Waals surface area contributed by atoms with Crippen molar-refractivity contribution < 1.29 is 9.47 Å². The second-order valence-corrected chi connectivity index (χ2v) is 0.412. The SMILES string of the molecule is N#CCOF. The fourth-order valence-corrected chi connectivity index (χ4v) is 0.0244. The van der Waals surface area contributed by atoms with Gasteiger partial charge in [0.1, 0.15) is 0 Å². The molecule has 0 aliphatic carbocycles. The van der Waals surface area contributed by atoms with Crippen molar-refractivity contribution in [2.75, 3.05) is 6.61 Å². The highest BCUT2D eigenvalue weighted by atomic mass is 19.3. The zero-order chi connectivity index (χ0) is 4.12. The molecule has 0 aromatic carbocycles. The number of rotatable bonds is 1. The average molecular weight is 75.0 g/mol. The van der Waals surface area contributed by atoms with Crippen molar-refractivity contribution in [3.63, 3.8) is 0 Å². The Kier molecular flexibility index (Phi) is 2.96. The number of nitrogens with zero attached hydrogens (tertiary/aromatic N) is 1. The van der Waals surface area contributed by atoms with Crippen molar-refractivity contribution in [1.29, 1.82) is 5.26 Å². The number of halogens is 1. The first-order valence-electron chi connectivity index (χ1n) is 1.02. The van der Waals surface area contributed by atoms with Gasteiger partial charge in [-0.15, -0.1) is 0 Å². The Morgan fingerprint density at radius 3 is 2.60 bits per heavy atom. The molecule has 0 amide bonds. The van der Waals surface area contributed by atoms with Gasteiger partial charge in [0.2, 0.25) is 0 Å². The van der Waals surface area contributed by atoms with Gasteiger partial charge in [0.15, 0.2) is 6.61 Å². The van der Waals surface area contributed by atoms with Crippen LogP contribution in [0.2, 0.25) is 0 Å². The molecule has 2 nitrogen and oxygen atoms in total. The molecule has 0 aliphatic rings. The van der Waals surface area contributed by atoms with Gasteiger partial charge in [-0.1, -0.05) is 0 Å². The van der Waals surface area contributed by atoms with Crippen LogP contribution < -0.4 is 0 Å². The molecule has 0 unspecified atom stereocenters. The summed E-state index contributed by atoms with van der Waals surface area (Å²) >= 11 is 0. The van der Waals surface area contributed by atoms with Gasteiger partial charge in [-0.3, -0.25) is 0 Å². The van der Waals surface area contributed by atoms with Crippen LogP contribution in [0.25, 0.3) is 0 Å². The Hall–Kier alpha value is -0.620. The van der Waals surface area contributed by atoms with Crippen LogP contribution in [-0.2, 0) is 4.94 Å². The molecular formula is C2H2FNO. The first-order valence-corrected chi connectivity index (χ1v) is 1.02. The molecule has 0 bridgehead atoms. The summed E-state index contributed by atoms with van der Waals surface area (Å²) in [7, 11) is 0. The second-order valence-electron chi connectivity index (χ2n) is 0.412. The lowest BCUT2D eigenvalue weighted by Gasteiger charge is -1.65. The molecule has 3 heteroatoms. The Balaban J connectivity index is 2.48. The predicted molar refractivity (Wildman–Crippen MR) is 12.7 cm³/mol. The molecule has 0 fully saturated rings. The number of hydrogen-bond acceptors (Lipinski definition) is 2. The molecule has 28 valence electrons. The number of nitriles is 1. The predicted octanol–water partition coefficient (Wildman–Crippen LogP) is 0.411. The first-order chi connectivity index (χ1) is 2.41. The van der Waals surface area contributed by atoms with Crippen LogP contribution in [0.3, 0.4) is 0 Å². The normalized spacial score (nSPS) is 6.40. The van der Waals surface area contributed by atoms with Crippen molar-refractivity contribution in [2.24, 2.45) is 0 Å². The lowest BCUT2D eigenvalue weighted by Crippen LogP contribution is -1.71. The fraction of sp³-hybridized carbons (Fsp3) is 0.500. The van der Waals surface area contributed by atoms with Gasteiger partial charge in [-0.05, 0) is 4.53 Å². The highest BCUT2D eigenvalue weighted by Gasteiger charge is 1.68. The lowest BCUT2D eigenvalue weighted by molar-refractivity contribution is -0.115. The molecule has 0 aromatic rings. The third kappa shape index (κ3) is 3.38. The molecule has 0 saturated carbocycles. The standard InChI is InChI=1S/C2H2FNO/c3-5-2-1-4/h2H2. The van der Waals surface area contributed by atoms with E-state index in [4.69, 9.17) is 5.26 Å². The monoisotopic (exact) mass is 75.0 g/mol. The van der Waals surface area contributed by atoms with Crippen molar-refractivity contribution in [1.82, 2.24) is 0 Å². The zero-order valence-electron chi connectivity index (χ0n) is 2.44. The molecule has 0 spiro atoms. The quantitative estimate of drug-likeness (QED) is 0.452. The minimum atomic E-state index is -0.472. The summed E-state index contributed by atoms with van der Waals surface area (Å²) in [5.74, 6) is 0. The first kappa shape index (κ1) is 4.38. The van der Waals surface area contributed by atoms with Crippen molar-refractivity contribution in [3.8, 4) is 6.07 Å². The van der Waals surface area contributed by atoms with Gasteiger partial charge in [0.25, 0.3) is 0 Å². The summed E-state index contributed by atoms with van der Waals surface area (Å²) in [4.78, 5) is 2.83. The van der Waals surface area contributed by atoms with Crippen LogP contribution in [0.15, 0.2) is 0 Å². The van der Waals surface area contributed by atoms with Crippen molar-refractivity contribution in [2.45, 2.75) is 0 Å². The van der Waals surface area contributed by atoms with Crippen LogP contribution in [0.5, 0.6) is 0 Å². The van der Waals surface area contributed by atoms with Crippen molar-refractivity contribution >= 4 is 0 Å². The molecule has 0 aromatic heterocycles. The molecule has 0 N–H and O–H groups in total. The van der Waals surface area contributed by atoms with E-state index in [1.807, 2.05) is 0 Å². The van der Waals surface area contributed by atoms with Crippen LogP contribution in [0.4, 0.5) is 4.53 Å². The van der Waals surface area contributed by atoms with E-state index < -0.39 is 6.61 Å². The Bertz CT molecular complexity index is 48.1. The maximum absolute atomic E-state index is 10.3. The second kappa shape index (κ2) is 3.38. The smallest absolute Gasteiger partial charge is 0.174 e. The van der Waals surface area contributed by atoms with Crippen LogP contribution in [0, 0.1) is 11.3 Å². The van der Waals surface area contributed by atoms with Gasteiger partial charge in [0.05, 0.1) is 6.07 Å². The largest absolute Gasteiger partial charge is 0.196 e. The van der Waals surface area contributed by atoms with E-state index in [-0.39, 0.29) is 0 Å². The summed E-state index contributed by atoms with van der Waals surface area (Å²) in [6.45, 7) is -0.472. The lowest BCUT2D eigenvalue weighted by atomic mass is 10.9. The minimum absolute atomic E-state index is 0.472. The fourth-order valence-electron chi connectivity index (χ4n) is 0.0244. The molecule has 0 rings (SSSR count). The van der Waals surface area contributed by atoms with Crippen LogP contribution in [-0.4, -0.2) is 6.61 Å². The summed E-state index contributed by atoms with van der Waals surface area (Å²) < 4.78 is 10.3. The molecule has 0 heterocycles. The van der Waals surface area contributed by atoms with E-state index in [1.54, 1.807) is 0 Å². The Morgan fingerprint density at radius 2 is 2.60 bits per heavy atom. The average Bonchev–Trinajstić information content (AvgIpc) is 1.41. The molecular weight excluding hydrogens is 73.0 g/mol. The van der Waals surface area contributed by atoms with E-state index in [9.17, 15) is 4.53 Å². The molecule has 0 saturated heterocycles. The van der Waals surface area contributed by atoms with Crippen molar-refractivity contribution in [3.05, 3.63) is 0 Å². The highest BCUT2D eigenvalue weighted by Crippen LogP contribution is 1.64. The summed E-state index contributed by atoms with van der Waals surface area (Å²) in [6.07, 6.45) is 0. The van der Waals surface area contributed by atoms with E-state index in [1.165, 1.54) is 6.07 Å². The van der Waals surface area contributed by atoms with E-state index in [2.05, 4.69) is 4.94 Å². The summed E-state index contributed by atoms with van der Waals surface area (Å²) in [5.41, 5.74) is 0. The zero-order valence-corrected chi connectivity index (χ0v) is 2.44. The Labute approximate surface area is 28.7 Å². The minimum Gasteiger partial charge on any atom is -0.196 e. The van der Waals surface area contributed by atoms with Crippen LogP contribution >= 0.6 is 0 Å².